The van der Waals surface area contributed by atoms with Crippen molar-refractivity contribution in [2.24, 2.45) is 5.73 Å². The van der Waals surface area contributed by atoms with Gasteiger partial charge in [0.15, 0.2) is 0 Å². The van der Waals surface area contributed by atoms with Crippen LogP contribution in [0.4, 0.5) is 0 Å². The Morgan fingerprint density at radius 2 is 2.05 bits per heavy atom. The fourth-order valence-corrected chi connectivity index (χ4v) is 2.93. The molecule has 0 saturated carbocycles. The minimum atomic E-state index is 0.326. The van der Waals surface area contributed by atoms with Gasteiger partial charge in [-0.2, -0.15) is 0 Å². The van der Waals surface area contributed by atoms with Crippen LogP contribution in [0.1, 0.15) is 18.4 Å². The number of nitrogens with two attached hydrogens (primary N) is 1. The molecular formula is C16H26N2O3. The molecule has 0 aliphatic carbocycles. The maximum atomic E-state index is 5.93. The molecule has 0 spiro atoms. The molecule has 2 rings (SSSR count). The van der Waals surface area contributed by atoms with Crippen molar-refractivity contribution in [3.05, 3.63) is 23.8 Å². The van der Waals surface area contributed by atoms with Crippen LogP contribution in [-0.2, 0) is 11.3 Å². The Hall–Kier alpha value is -1.30. The van der Waals surface area contributed by atoms with Gasteiger partial charge in [0.1, 0.15) is 11.5 Å². The number of hydrogen-bond donors (Lipinski definition) is 1. The summed E-state index contributed by atoms with van der Waals surface area (Å²) in [5.41, 5.74) is 7.09. The van der Waals surface area contributed by atoms with Crippen LogP contribution < -0.4 is 15.2 Å². The highest BCUT2D eigenvalue weighted by Gasteiger charge is 2.28. The molecule has 0 radical (unpaired) electrons. The van der Waals surface area contributed by atoms with Gasteiger partial charge >= 0.3 is 0 Å². The van der Waals surface area contributed by atoms with Crippen molar-refractivity contribution in [3.8, 4) is 11.5 Å². The second-order valence-electron chi connectivity index (χ2n) is 5.42. The molecule has 1 saturated heterocycles. The van der Waals surface area contributed by atoms with Gasteiger partial charge in [-0.15, -0.1) is 0 Å². The minimum Gasteiger partial charge on any atom is -0.497 e. The highest BCUT2D eigenvalue weighted by molar-refractivity contribution is 5.40. The molecule has 1 heterocycles. The van der Waals surface area contributed by atoms with Gasteiger partial charge in [0.05, 0.1) is 20.3 Å². The van der Waals surface area contributed by atoms with Crippen LogP contribution in [0.2, 0.25) is 0 Å². The second kappa shape index (κ2) is 7.64. The molecule has 1 aliphatic heterocycles. The predicted molar refractivity (Wildman–Crippen MR) is 82.8 cm³/mol. The van der Waals surface area contributed by atoms with Gasteiger partial charge in [0.2, 0.25) is 0 Å². The van der Waals surface area contributed by atoms with Crippen molar-refractivity contribution in [2.45, 2.75) is 31.5 Å². The third-order valence-corrected chi connectivity index (χ3v) is 4.26. The highest BCUT2D eigenvalue weighted by atomic mass is 16.5. The van der Waals surface area contributed by atoms with Crippen LogP contribution in [0.25, 0.3) is 0 Å². The predicted octanol–water partition coefficient (Wildman–Crippen LogP) is 1.64. The summed E-state index contributed by atoms with van der Waals surface area (Å²) in [5.74, 6) is 1.67. The number of ether oxygens (including phenoxy) is 3. The average molecular weight is 294 g/mol. The van der Waals surface area contributed by atoms with Crippen molar-refractivity contribution < 1.29 is 14.2 Å². The van der Waals surface area contributed by atoms with Gasteiger partial charge in [-0.3, -0.25) is 4.90 Å². The van der Waals surface area contributed by atoms with E-state index in [9.17, 15) is 0 Å². The molecule has 5 nitrogen and oxygen atoms in total. The molecule has 1 aromatic rings. The lowest BCUT2D eigenvalue weighted by molar-refractivity contribution is 0.00999. The van der Waals surface area contributed by atoms with E-state index in [4.69, 9.17) is 19.9 Å². The second-order valence-corrected chi connectivity index (χ2v) is 5.42. The Labute approximate surface area is 127 Å². The molecule has 5 heteroatoms. The summed E-state index contributed by atoms with van der Waals surface area (Å²) in [6, 6.07) is 6.31. The van der Waals surface area contributed by atoms with Crippen molar-refractivity contribution in [1.29, 1.82) is 0 Å². The van der Waals surface area contributed by atoms with Crippen molar-refractivity contribution in [1.82, 2.24) is 4.90 Å². The first kappa shape index (κ1) is 16.1. The number of likely N-dealkylation sites (tertiary alicyclic amines) is 1. The van der Waals surface area contributed by atoms with Gasteiger partial charge in [0.25, 0.3) is 0 Å². The van der Waals surface area contributed by atoms with E-state index in [1.807, 2.05) is 12.1 Å². The molecule has 2 unspecified atom stereocenters. The number of nitrogens with zero attached hydrogens (tertiary/aromatic N) is 1. The topological polar surface area (TPSA) is 57.0 Å². The van der Waals surface area contributed by atoms with Crippen LogP contribution in [0.5, 0.6) is 11.5 Å². The normalized spacial score (nSPS) is 23.0. The van der Waals surface area contributed by atoms with E-state index in [1.54, 1.807) is 21.3 Å². The summed E-state index contributed by atoms with van der Waals surface area (Å²) in [6.45, 7) is 2.49. The standard InChI is InChI=1S/C16H26N2O3/c1-19-14-5-4-12(16(9-14)21-3)11-18-7-6-15(20-2)8-13(18)10-17/h4-5,9,13,15H,6-8,10-11,17H2,1-3H3. The number of methoxy groups -OCH3 is 3. The first-order valence-electron chi connectivity index (χ1n) is 7.39. The van der Waals surface area contributed by atoms with Gasteiger partial charge in [-0.05, 0) is 18.9 Å². The lowest BCUT2D eigenvalue weighted by atomic mass is 9.98. The van der Waals surface area contributed by atoms with Gasteiger partial charge in [0, 0.05) is 44.4 Å². The third-order valence-electron chi connectivity index (χ3n) is 4.26. The van der Waals surface area contributed by atoms with E-state index in [0.717, 1.165) is 43.0 Å². The maximum absolute atomic E-state index is 5.93. The average Bonchev–Trinajstić information content (AvgIpc) is 2.55. The first-order valence-corrected chi connectivity index (χ1v) is 7.39. The minimum absolute atomic E-state index is 0.326. The zero-order valence-electron chi connectivity index (χ0n) is 13.2. The molecule has 118 valence electrons. The number of hydrogen-bond acceptors (Lipinski definition) is 5. The van der Waals surface area contributed by atoms with Crippen molar-refractivity contribution >= 4 is 0 Å². The Morgan fingerprint density at radius 3 is 2.67 bits per heavy atom. The Morgan fingerprint density at radius 1 is 1.24 bits per heavy atom. The molecule has 2 atom stereocenters. The van der Waals surface area contributed by atoms with Crippen LogP contribution >= 0.6 is 0 Å². The largest absolute Gasteiger partial charge is 0.497 e. The van der Waals surface area contributed by atoms with E-state index in [0.29, 0.717) is 18.7 Å². The first-order chi connectivity index (χ1) is 10.2. The van der Waals surface area contributed by atoms with E-state index >= 15 is 0 Å². The summed E-state index contributed by atoms with van der Waals surface area (Å²) < 4.78 is 16.2. The fraction of sp³-hybridized carbons (Fsp3) is 0.625. The summed E-state index contributed by atoms with van der Waals surface area (Å²) in [7, 11) is 5.13. The molecule has 1 aromatic carbocycles. The van der Waals surface area contributed by atoms with E-state index < -0.39 is 0 Å². The van der Waals surface area contributed by atoms with Crippen LogP contribution in [0, 0.1) is 0 Å². The number of piperidine rings is 1. The lowest BCUT2D eigenvalue weighted by Gasteiger charge is -2.38. The van der Waals surface area contributed by atoms with Gasteiger partial charge < -0.3 is 19.9 Å². The Bertz CT molecular complexity index is 453. The Kier molecular flexibility index (Phi) is 5.85. The summed E-state index contributed by atoms with van der Waals surface area (Å²) in [5, 5.41) is 0. The fourth-order valence-electron chi connectivity index (χ4n) is 2.93. The highest BCUT2D eigenvalue weighted by Crippen LogP contribution is 2.28. The maximum Gasteiger partial charge on any atom is 0.127 e. The van der Waals surface area contributed by atoms with E-state index in [-0.39, 0.29) is 0 Å². The van der Waals surface area contributed by atoms with Crippen molar-refractivity contribution in [3.63, 3.8) is 0 Å². The third kappa shape index (κ3) is 3.87. The molecule has 21 heavy (non-hydrogen) atoms. The van der Waals surface area contributed by atoms with Crippen LogP contribution in [0.15, 0.2) is 18.2 Å². The molecule has 0 bridgehead atoms. The number of rotatable bonds is 6. The molecule has 2 N–H and O–H groups in total. The monoisotopic (exact) mass is 294 g/mol. The van der Waals surface area contributed by atoms with E-state index in [1.165, 1.54) is 0 Å². The SMILES string of the molecule is COc1ccc(CN2CCC(OC)CC2CN)c(OC)c1. The van der Waals surface area contributed by atoms with Gasteiger partial charge in [-0.25, -0.2) is 0 Å². The van der Waals surface area contributed by atoms with E-state index in [2.05, 4.69) is 11.0 Å². The molecular weight excluding hydrogens is 268 g/mol. The molecule has 0 amide bonds. The molecule has 1 fully saturated rings. The van der Waals surface area contributed by atoms with Crippen LogP contribution in [0.3, 0.4) is 0 Å². The smallest absolute Gasteiger partial charge is 0.127 e. The van der Waals surface area contributed by atoms with Crippen molar-refractivity contribution in [2.75, 3.05) is 34.4 Å². The molecule has 0 aromatic heterocycles. The number of benzene rings is 1. The summed E-state index contributed by atoms with van der Waals surface area (Å²) in [4.78, 5) is 2.42. The Balaban J connectivity index is 2.10. The summed E-state index contributed by atoms with van der Waals surface area (Å²) in [6.07, 6.45) is 2.37. The summed E-state index contributed by atoms with van der Waals surface area (Å²) >= 11 is 0. The zero-order valence-corrected chi connectivity index (χ0v) is 13.2. The van der Waals surface area contributed by atoms with Gasteiger partial charge in [-0.1, -0.05) is 6.07 Å². The lowest BCUT2D eigenvalue weighted by Crippen LogP contribution is -2.48. The van der Waals surface area contributed by atoms with Crippen LogP contribution in [-0.4, -0.2) is 51.5 Å². The molecule has 1 aliphatic rings. The quantitative estimate of drug-likeness (QED) is 0.864. The zero-order chi connectivity index (χ0) is 15.2.